The molecule has 18 heavy (non-hydrogen) atoms. The van der Waals surface area contributed by atoms with E-state index in [9.17, 15) is 0 Å². The van der Waals surface area contributed by atoms with Crippen molar-refractivity contribution in [1.82, 2.24) is 4.98 Å². The zero-order chi connectivity index (χ0) is 12.4. The third kappa shape index (κ3) is 2.16. The highest BCUT2D eigenvalue weighted by Crippen LogP contribution is 2.30. The van der Waals surface area contributed by atoms with Crippen molar-refractivity contribution in [2.45, 2.75) is 12.3 Å². The molecule has 1 saturated heterocycles. The third-order valence-corrected chi connectivity index (χ3v) is 3.57. The van der Waals surface area contributed by atoms with Gasteiger partial charge in [-0.2, -0.15) is 0 Å². The van der Waals surface area contributed by atoms with Crippen molar-refractivity contribution >= 4 is 11.4 Å². The van der Waals surface area contributed by atoms with Crippen molar-refractivity contribution in [2.75, 3.05) is 23.7 Å². The number of anilines is 2. The van der Waals surface area contributed by atoms with Crippen LogP contribution in [-0.2, 0) is 0 Å². The van der Waals surface area contributed by atoms with Gasteiger partial charge in [-0.25, -0.2) is 0 Å². The predicted molar refractivity (Wildman–Crippen MR) is 74.7 cm³/mol. The molecule has 0 spiro atoms. The second kappa shape index (κ2) is 4.69. The Morgan fingerprint density at radius 3 is 2.78 bits per heavy atom. The molecule has 3 rings (SSSR count). The lowest BCUT2D eigenvalue weighted by atomic mass is 9.99. The maximum absolute atomic E-state index is 5.78. The second-order valence-corrected chi connectivity index (χ2v) is 4.82. The summed E-state index contributed by atoms with van der Waals surface area (Å²) in [7, 11) is 0. The van der Waals surface area contributed by atoms with Gasteiger partial charge in [0.1, 0.15) is 0 Å². The molecule has 0 amide bonds. The molecule has 3 heteroatoms. The molecule has 1 aromatic heterocycles. The van der Waals surface area contributed by atoms with E-state index in [1.54, 1.807) is 6.20 Å². The van der Waals surface area contributed by atoms with E-state index in [1.165, 1.54) is 12.0 Å². The molecule has 2 N–H and O–H groups in total. The molecule has 2 heterocycles. The Labute approximate surface area is 107 Å². The van der Waals surface area contributed by atoms with Crippen molar-refractivity contribution in [1.29, 1.82) is 0 Å². The molecule has 1 fully saturated rings. The number of hydrogen-bond acceptors (Lipinski definition) is 3. The van der Waals surface area contributed by atoms with E-state index in [0.29, 0.717) is 5.92 Å². The molecule has 1 atom stereocenters. The average Bonchev–Trinajstić information content (AvgIpc) is 2.89. The Bertz CT molecular complexity index is 524. The molecule has 0 bridgehead atoms. The van der Waals surface area contributed by atoms with Crippen LogP contribution in [0.4, 0.5) is 11.4 Å². The summed E-state index contributed by atoms with van der Waals surface area (Å²) in [5.74, 6) is 0.618. The number of hydrogen-bond donors (Lipinski definition) is 1. The number of rotatable bonds is 2. The van der Waals surface area contributed by atoms with Crippen molar-refractivity contribution in [3.8, 4) is 0 Å². The van der Waals surface area contributed by atoms with E-state index in [1.807, 2.05) is 12.3 Å². The van der Waals surface area contributed by atoms with E-state index < -0.39 is 0 Å². The van der Waals surface area contributed by atoms with Gasteiger partial charge in [0, 0.05) is 25.2 Å². The van der Waals surface area contributed by atoms with Crippen molar-refractivity contribution in [3.05, 3.63) is 54.4 Å². The highest BCUT2D eigenvalue weighted by molar-refractivity contribution is 5.54. The number of nitrogen functional groups attached to an aromatic ring is 1. The molecule has 1 unspecified atom stereocenters. The summed E-state index contributed by atoms with van der Waals surface area (Å²) < 4.78 is 0. The van der Waals surface area contributed by atoms with Crippen LogP contribution < -0.4 is 10.6 Å². The van der Waals surface area contributed by atoms with Crippen LogP contribution >= 0.6 is 0 Å². The SMILES string of the molecule is Nc1cncc(N2CCC(c3ccccc3)C2)c1. The lowest BCUT2D eigenvalue weighted by Crippen LogP contribution is -2.19. The Morgan fingerprint density at radius 2 is 2.00 bits per heavy atom. The summed E-state index contributed by atoms with van der Waals surface area (Å²) in [5.41, 5.74) is 9.08. The van der Waals surface area contributed by atoms with Gasteiger partial charge >= 0.3 is 0 Å². The lowest BCUT2D eigenvalue weighted by molar-refractivity contribution is 0.775. The number of aromatic nitrogens is 1. The molecular weight excluding hydrogens is 222 g/mol. The van der Waals surface area contributed by atoms with Crippen LogP contribution in [0.2, 0.25) is 0 Å². The fraction of sp³-hybridized carbons (Fsp3) is 0.267. The van der Waals surface area contributed by atoms with Gasteiger partial charge in [-0.05, 0) is 18.1 Å². The molecule has 2 aromatic rings. The van der Waals surface area contributed by atoms with Crippen LogP contribution in [0.25, 0.3) is 0 Å². The van der Waals surface area contributed by atoms with Crippen LogP contribution in [0.1, 0.15) is 17.9 Å². The van der Waals surface area contributed by atoms with E-state index in [2.05, 4.69) is 40.2 Å². The second-order valence-electron chi connectivity index (χ2n) is 4.82. The van der Waals surface area contributed by atoms with Crippen molar-refractivity contribution in [3.63, 3.8) is 0 Å². The summed E-state index contributed by atoms with van der Waals surface area (Å²) in [6.07, 6.45) is 4.77. The van der Waals surface area contributed by atoms with Crippen molar-refractivity contribution in [2.24, 2.45) is 0 Å². The zero-order valence-corrected chi connectivity index (χ0v) is 10.3. The monoisotopic (exact) mass is 239 g/mol. The average molecular weight is 239 g/mol. The minimum Gasteiger partial charge on any atom is -0.397 e. The van der Waals surface area contributed by atoms with Crippen LogP contribution in [0.5, 0.6) is 0 Å². The standard InChI is InChI=1S/C15H17N3/c16-14-8-15(10-17-9-14)18-7-6-13(11-18)12-4-2-1-3-5-12/h1-5,8-10,13H,6-7,11,16H2. The molecule has 0 aliphatic carbocycles. The summed E-state index contributed by atoms with van der Waals surface area (Å²) in [5, 5.41) is 0. The summed E-state index contributed by atoms with van der Waals surface area (Å²) in [6.45, 7) is 2.12. The van der Waals surface area contributed by atoms with Gasteiger partial charge < -0.3 is 10.6 Å². The summed E-state index contributed by atoms with van der Waals surface area (Å²) in [4.78, 5) is 6.52. The first-order valence-electron chi connectivity index (χ1n) is 6.33. The van der Waals surface area contributed by atoms with E-state index >= 15 is 0 Å². The fourth-order valence-corrected chi connectivity index (χ4v) is 2.61. The minimum atomic E-state index is 0.618. The lowest BCUT2D eigenvalue weighted by Gasteiger charge is -2.18. The van der Waals surface area contributed by atoms with Gasteiger partial charge in [-0.1, -0.05) is 30.3 Å². The smallest absolute Gasteiger partial charge is 0.0573 e. The predicted octanol–water partition coefficient (Wildman–Crippen LogP) is 2.66. The van der Waals surface area contributed by atoms with E-state index in [0.717, 1.165) is 24.5 Å². The normalized spacial score (nSPS) is 19.1. The Balaban J connectivity index is 1.76. The fourth-order valence-electron chi connectivity index (χ4n) is 2.61. The molecular formula is C15H17N3. The Kier molecular flexibility index (Phi) is 2.89. The maximum atomic E-state index is 5.78. The van der Waals surface area contributed by atoms with Crippen LogP contribution in [0, 0.1) is 0 Å². The molecule has 1 aliphatic rings. The maximum Gasteiger partial charge on any atom is 0.0573 e. The van der Waals surface area contributed by atoms with E-state index in [4.69, 9.17) is 5.73 Å². The van der Waals surface area contributed by atoms with Crippen LogP contribution in [0.3, 0.4) is 0 Å². The topological polar surface area (TPSA) is 42.1 Å². The quantitative estimate of drug-likeness (QED) is 0.876. The molecule has 1 aliphatic heterocycles. The third-order valence-electron chi connectivity index (χ3n) is 3.57. The van der Waals surface area contributed by atoms with E-state index in [-0.39, 0.29) is 0 Å². The molecule has 92 valence electrons. The van der Waals surface area contributed by atoms with Gasteiger partial charge in [-0.15, -0.1) is 0 Å². The minimum absolute atomic E-state index is 0.618. The van der Waals surface area contributed by atoms with Gasteiger partial charge in [0.15, 0.2) is 0 Å². The molecule has 0 radical (unpaired) electrons. The summed E-state index contributed by atoms with van der Waals surface area (Å²) >= 11 is 0. The first kappa shape index (κ1) is 11.1. The Morgan fingerprint density at radius 1 is 1.17 bits per heavy atom. The number of pyridine rings is 1. The zero-order valence-electron chi connectivity index (χ0n) is 10.3. The van der Waals surface area contributed by atoms with Crippen LogP contribution in [-0.4, -0.2) is 18.1 Å². The number of benzene rings is 1. The van der Waals surface area contributed by atoms with Gasteiger partial charge in [0.2, 0.25) is 0 Å². The number of nitrogens with two attached hydrogens (primary N) is 1. The van der Waals surface area contributed by atoms with Crippen LogP contribution in [0.15, 0.2) is 48.8 Å². The van der Waals surface area contributed by atoms with Gasteiger partial charge in [0.05, 0.1) is 17.6 Å². The van der Waals surface area contributed by atoms with Gasteiger partial charge in [-0.3, -0.25) is 4.98 Å². The van der Waals surface area contributed by atoms with Crippen molar-refractivity contribution < 1.29 is 0 Å². The highest BCUT2D eigenvalue weighted by Gasteiger charge is 2.23. The number of nitrogens with zero attached hydrogens (tertiary/aromatic N) is 2. The summed E-state index contributed by atoms with van der Waals surface area (Å²) in [6, 6.07) is 12.7. The highest BCUT2D eigenvalue weighted by atomic mass is 15.2. The first-order chi connectivity index (χ1) is 8.83. The molecule has 0 saturated carbocycles. The Hall–Kier alpha value is -2.03. The molecule has 3 nitrogen and oxygen atoms in total. The largest absolute Gasteiger partial charge is 0.397 e. The van der Waals surface area contributed by atoms with Gasteiger partial charge in [0.25, 0.3) is 0 Å². The molecule has 1 aromatic carbocycles. The first-order valence-corrected chi connectivity index (χ1v) is 6.33.